The molecule has 2 rings (SSSR count). The van der Waals surface area contributed by atoms with Gasteiger partial charge >= 0.3 is 6.36 Å². The van der Waals surface area contributed by atoms with Crippen molar-refractivity contribution in [3.63, 3.8) is 0 Å². The second-order valence-electron chi connectivity index (χ2n) is 3.69. The fourth-order valence-electron chi connectivity index (χ4n) is 1.46. The van der Waals surface area contributed by atoms with E-state index in [1.54, 1.807) is 0 Å². The predicted octanol–water partition coefficient (Wildman–Crippen LogP) is 4.12. The number of alkyl halides is 3. The van der Waals surface area contributed by atoms with Crippen LogP contribution in [0.1, 0.15) is 0 Å². The molecule has 0 saturated carbocycles. The molecule has 0 unspecified atom stereocenters. The van der Waals surface area contributed by atoms with E-state index >= 15 is 0 Å². The van der Waals surface area contributed by atoms with Gasteiger partial charge in [0.15, 0.2) is 0 Å². The van der Waals surface area contributed by atoms with Gasteiger partial charge in [-0.25, -0.2) is 4.98 Å². The van der Waals surface area contributed by atoms with Crippen molar-refractivity contribution in [2.75, 3.05) is 5.32 Å². The molecule has 0 spiro atoms. The first-order valence-corrected chi connectivity index (χ1v) is 5.38. The van der Waals surface area contributed by atoms with Gasteiger partial charge in [-0.2, -0.15) is 0 Å². The van der Waals surface area contributed by atoms with E-state index in [-0.39, 0.29) is 17.3 Å². The maximum Gasteiger partial charge on any atom is 0.573 e. The minimum absolute atomic E-state index is 0.158. The summed E-state index contributed by atoms with van der Waals surface area (Å²) >= 11 is 0. The summed E-state index contributed by atoms with van der Waals surface area (Å²) in [4.78, 5) is 14.3. The van der Waals surface area contributed by atoms with Crippen molar-refractivity contribution in [2.24, 2.45) is 5.18 Å². The SMILES string of the molecule is O=Nc1ccnc(Nc2cccc(OC(F)(F)F)c2)c1. The molecule has 20 heavy (non-hydrogen) atoms. The first-order valence-electron chi connectivity index (χ1n) is 5.38. The fraction of sp³-hybridized carbons (Fsp3) is 0.0833. The van der Waals surface area contributed by atoms with E-state index in [0.717, 1.165) is 6.07 Å². The molecule has 0 bridgehead atoms. The molecule has 1 N–H and O–H groups in total. The average Bonchev–Trinajstić information content (AvgIpc) is 2.37. The Morgan fingerprint density at radius 3 is 2.70 bits per heavy atom. The number of nitrogens with zero attached hydrogens (tertiary/aromatic N) is 2. The summed E-state index contributed by atoms with van der Waals surface area (Å²) < 4.78 is 40.1. The number of halogens is 3. The van der Waals surface area contributed by atoms with E-state index in [4.69, 9.17) is 0 Å². The monoisotopic (exact) mass is 283 g/mol. The van der Waals surface area contributed by atoms with Crippen molar-refractivity contribution < 1.29 is 17.9 Å². The Morgan fingerprint density at radius 1 is 1.20 bits per heavy atom. The summed E-state index contributed by atoms with van der Waals surface area (Å²) in [6.45, 7) is 0. The van der Waals surface area contributed by atoms with Crippen LogP contribution in [-0.4, -0.2) is 11.3 Å². The minimum Gasteiger partial charge on any atom is -0.406 e. The Labute approximate surface area is 111 Å². The molecule has 0 fully saturated rings. The maximum absolute atomic E-state index is 12.1. The Morgan fingerprint density at radius 2 is 2.00 bits per heavy atom. The lowest BCUT2D eigenvalue weighted by molar-refractivity contribution is -0.274. The second kappa shape index (κ2) is 5.55. The van der Waals surface area contributed by atoms with E-state index in [1.807, 2.05) is 0 Å². The summed E-state index contributed by atoms with van der Waals surface area (Å²) in [7, 11) is 0. The molecule has 0 radical (unpaired) electrons. The normalized spacial score (nSPS) is 10.9. The summed E-state index contributed by atoms with van der Waals surface area (Å²) in [5, 5.41) is 5.48. The van der Waals surface area contributed by atoms with Gasteiger partial charge in [0.05, 0.1) is 0 Å². The van der Waals surface area contributed by atoms with Crippen molar-refractivity contribution >= 4 is 17.2 Å². The van der Waals surface area contributed by atoms with Gasteiger partial charge in [-0.1, -0.05) is 6.07 Å². The smallest absolute Gasteiger partial charge is 0.406 e. The van der Waals surface area contributed by atoms with Gasteiger partial charge in [0.2, 0.25) is 0 Å². The van der Waals surface area contributed by atoms with Crippen LogP contribution in [0.25, 0.3) is 0 Å². The number of aromatic nitrogens is 1. The molecular weight excluding hydrogens is 275 g/mol. The molecule has 0 atom stereocenters. The summed E-state index contributed by atoms with van der Waals surface area (Å²) in [5.41, 5.74) is 0.493. The molecule has 104 valence electrons. The lowest BCUT2D eigenvalue weighted by Gasteiger charge is -2.11. The standard InChI is InChI=1S/C12H8F3N3O2/c13-12(14,15)20-10-3-1-2-8(6-10)17-11-7-9(18-19)4-5-16-11/h1-7H,(H,16,17). The van der Waals surface area contributed by atoms with E-state index in [1.165, 1.54) is 36.5 Å². The van der Waals surface area contributed by atoms with Crippen molar-refractivity contribution in [1.82, 2.24) is 4.98 Å². The second-order valence-corrected chi connectivity index (χ2v) is 3.69. The molecule has 0 amide bonds. The quantitative estimate of drug-likeness (QED) is 0.857. The van der Waals surface area contributed by atoms with E-state index < -0.39 is 6.36 Å². The number of hydrogen-bond acceptors (Lipinski definition) is 5. The molecule has 1 heterocycles. The summed E-state index contributed by atoms with van der Waals surface area (Å²) in [6, 6.07) is 8.04. The number of nitrogens with one attached hydrogen (secondary N) is 1. The number of benzene rings is 1. The highest BCUT2D eigenvalue weighted by Crippen LogP contribution is 2.26. The van der Waals surface area contributed by atoms with Crippen LogP contribution in [-0.2, 0) is 0 Å². The molecule has 8 heteroatoms. The summed E-state index contributed by atoms with van der Waals surface area (Å²) in [6.07, 6.45) is -3.40. The molecular formula is C12H8F3N3O2. The molecule has 2 aromatic rings. The molecule has 5 nitrogen and oxygen atoms in total. The Kier molecular flexibility index (Phi) is 3.83. The van der Waals surface area contributed by atoms with E-state index in [9.17, 15) is 18.1 Å². The van der Waals surface area contributed by atoms with Crippen LogP contribution in [0.2, 0.25) is 0 Å². The number of nitroso groups, excluding NO2 is 1. The number of pyridine rings is 1. The van der Waals surface area contributed by atoms with Gasteiger partial charge in [0.1, 0.15) is 17.3 Å². The fourth-order valence-corrected chi connectivity index (χ4v) is 1.46. The van der Waals surface area contributed by atoms with Crippen molar-refractivity contribution in [2.45, 2.75) is 6.36 Å². The van der Waals surface area contributed by atoms with Crippen LogP contribution < -0.4 is 10.1 Å². The predicted molar refractivity (Wildman–Crippen MR) is 66.1 cm³/mol. The number of ether oxygens (including phenoxy) is 1. The number of rotatable bonds is 4. The zero-order valence-corrected chi connectivity index (χ0v) is 9.89. The van der Waals surface area contributed by atoms with Crippen LogP contribution in [0.3, 0.4) is 0 Å². The largest absolute Gasteiger partial charge is 0.573 e. The third kappa shape index (κ3) is 3.94. The Hall–Kier alpha value is -2.64. The molecule has 0 aliphatic heterocycles. The van der Waals surface area contributed by atoms with E-state index in [0.29, 0.717) is 5.69 Å². The summed E-state index contributed by atoms with van der Waals surface area (Å²) in [5.74, 6) is -0.0709. The maximum atomic E-state index is 12.1. The van der Waals surface area contributed by atoms with Crippen molar-refractivity contribution in [3.05, 3.63) is 47.5 Å². The van der Waals surface area contributed by atoms with Crippen LogP contribution in [0.4, 0.5) is 30.4 Å². The third-order valence-electron chi connectivity index (χ3n) is 2.19. The molecule has 0 aliphatic carbocycles. The van der Waals surface area contributed by atoms with Gasteiger partial charge in [-0.15, -0.1) is 18.1 Å². The van der Waals surface area contributed by atoms with Crippen molar-refractivity contribution in [3.8, 4) is 5.75 Å². The molecule has 1 aromatic heterocycles. The highest BCUT2D eigenvalue weighted by atomic mass is 19.4. The van der Waals surface area contributed by atoms with Crippen LogP contribution in [0.5, 0.6) is 5.75 Å². The van der Waals surface area contributed by atoms with Gasteiger partial charge < -0.3 is 10.1 Å². The van der Waals surface area contributed by atoms with Crippen LogP contribution in [0.15, 0.2) is 47.8 Å². The van der Waals surface area contributed by atoms with Crippen molar-refractivity contribution in [1.29, 1.82) is 0 Å². The minimum atomic E-state index is -4.75. The lowest BCUT2D eigenvalue weighted by atomic mass is 10.3. The van der Waals surface area contributed by atoms with Crippen LogP contribution in [0, 0.1) is 4.91 Å². The third-order valence-corrected chi connectivity index (χ3v) is 2.19. The van der Waals surface area contributed by atoms with Gasteiger partial charge in [0, 0.05) is 24.0 Å². The zero-order chi connectivity index (χ0) is 14.6. The van der Waals surface area contributed by atoms with E-state index in [2.05, 4.69) is 20.2 Å². The average molecular weight is 283 g/mol. The van der Waals surface area contributed by atoms with Gasteiger partial charge in [-0.05, 0) is 23.4 Å². The molecule has 0 saturated heterocycles. The highest BCUT2D eigenvalue weighted by Gasteiger charge is 2.31. The van der Waals surface area contributed by atoms with Gasteiger partial charge in [0.25, 0.3) is 0 Å². The first-order chi connectivity index (χ1) is 9.46. The Balaban J connectivity index is 2.17. The number of hydrogen-bond donors (Lipinski definition) is 1. The topological polar surface area (TPSA) is 63.6 Å². The first kappa shape index (κ1) is 13.8. The zero-order valence-electron chi connectivity index (χ0n) is 9.89. The molecule has 1 aromatic carbocycles. The van der Waals surface area contributed by atoms with Crippen LogP contribution >= 0.6 is 0 Å². The number of anilines is 2. The molecule has 0 aliphatic rings. The Bertz CT molecular complexity index is 617. The lowest BCUT2D eigenvalue weighted by Crippen LogP contribution is -2.17. The highest BCUT2D eigenvalue weighted by molar-refractivity contribution is 5.60. The van der Waals surface area contributed by atoms with Gasteiger partial charge in [-0.3, -0.25) is 0 Å².